The molecule has 5 aromatic carbocycles. The lowest BCUT2D eigenvalue weighted by molar-refractivity contribution is 0.590. The van der Waals surface area contributed by atoms with Gasteiger partial charge in [-0.2, -0.15) is 0 Å². The molecule has 0 bridgehead atoms. The summed E-state index contributed by atoms with van der Waals surface area (Å²) in [5.74, 6) is 2.01. The van der Waals surface area contributed by atoms with Crippen LogP contribution in [-0.4, -0.2) is 15.0 Å². The monoisotopic (exact) mass is 643 g/mol. The maximum Gasteiger partial charge on any atom is 0.164 e. The number of nitrogens with zero attached hydrogens (tertiary/aromatic N) is 3. The second-order valence-corrected chi connectivity index (χ2v) is 15.8. The van der Waals surface area contributed by atoms with Crippen molar-refractivity contribution >= 4 is 0 Å². The van der Waals surface area contributed by atoms with Gasteiger partial charge < -0.3 is 0 Å². The highest BCUT2D eigenvalue weighted by molar-refractivity contribution is 5.84. The largest absolute Gasteiger partial charge is 0.208 e. The van der Waals surface area contributed by atoms with Gasteiger partial charge in [0.2, 0.25) is 0 Å². The van der Waals surface area contributed by atoms with Gasteiger partial charge in [0.05, 0.1) is 0 Å². The minimum atomic E-state index is 0.0791. The van der Waals surface area contributed by atoms with Gasteiger partial charge >= 0.3 is 0 Å². The summed E-state index contributed by atoms with van der Waals surface area (Å²) >= 11 is 0. The molecule has 0 N–H and O–H groups in total. The topological polar surface area (TPSA) is 38.7 Å². The maximum absolute atomic E-state index is 5.18. The van der Waals surface area contributed by atoms with Gasteiger partial charge in [-0.1, -0.05) is 114 Å². The summed E-state index contributed by atoms with van der Waals surface area (Å²) in [6.45, 7) is 24.3. The molecule has 0 fully saturated rings. The normalized spacial score (nSPS) is 12.0. The zero-order valence-electron chi connectivity index (χ0n) is 31.1. The average molecular weight is 644 g/mol. The Hall–Kier alpha value is -4.89. The smallest absolute Gasteiger partial charge is 0.164 e. The van der Waals surface area contributed by atoms with E-state index in [-0.39, 0.29) is 10.8 Å². The van der Waals surface area contributed by atoms with Gasteiger partial charge in [-0.25, -0.2) is 15.0 Å². The summed E-state index contributed by atoms with van der Waals surface area (Å²) < 4.78 is 0. The van der Waals surface area contributed by atoms with E-state index in [9.17, 15) is 0 Å². The molecular weight excluding hydrogens is 595 g/mol. The van der Waals surface area contributed by atoms with Gasteiger partial charge in [-0.05, 0) is 131 Å². The predicted octanol–water partition coefficient (Wildman–Crippen LogP) is 12.3. The van der Waals surface area contributed by atoms with Crippen LogP contribution in [0.15, 0.2) is 97.1 Å². The molecule has 0 amide bonds. The third-order valence-corrected chi connectivity index (χ3v) is 9.96. The molecular formula is C46H49N3. The van der Waals surface area contributed by atoms with E-state index in [4.69, 9.17) is 15.0 Å². The highest BCUT2D eigenvalue weighted by Gasteiger charge is 2.20. The van der Waals surface area contributed by atoms with Crippen LogP contribution in [0.25, 0.3) is 56.4 Å². The molecule has 1 aromatic heterocycles. The van der Waals surface area contributed by atoms with Crippen LogP contribution in [0.3, 0.4) is 0 Å². The SMILES string of the molecule is Cc1ccc(-c2nc(-c3ccc(C)c(C)c3)nc(-c3cc(-c4ccc(C(C)(C)C)cc4)c(C)c(-c4ccc(C(C)(C)C)cc4)c3)n2)cc1C. The molecule has 0 aliphatic heterocycles. The average Bonchev–Trinajstić information content (AvgIpc) is 3.06. The third kappa shape index (κ3) is 7.13. The number of aryl methyl sites for hydroxylation is 4. The fraction of sp³-hybridized carbons (Fsp3) is 0.283. The van der Waals surface area contributed by atoms with Crippen molar-refractivity contribution in [1.82, 2.24) is 15.0 Å². The molecule has 3 nitrogen and oxygen atoms in total. The van der Waals surface area contributed by atoms with Crippen LogP contribution in [0.4, 0.5) is 0 Å². The van der Waals surface area contributed by atoms with Crippen LogP contribution in [0.1, 0.15) is 80.5 Å². The Labute approximate surface area is 293 Å². The fourth-order valence-electron chi connectivity index (χ4n) is 6.27. The van der Waals surface area contributed by atoms with E-state index in [1.807, 2.05) is 0 Å². The molecule has 0 spiro atoms. The van der Waals surface area contributed by atoms with Crippen LogP contribution in [0, 0.1) is 34.6 Å². The quantitative estimate of drug-likeness (QED) is 0.188. The lowest BCUT2D eigenvalue weighted by Gasteiger charge is -2.21. The molecule has 6 rings (SSSR count). The Morgan fingerprint density at radius 3 is 1.00 bits per heavy atom. The molecule has 0 radical (unpaired) electrons. The molecule has 1 heterocycles. The Balaban J connectivity index is 1.61. The van der Waals surface area contributed by atoms with Crippen molar-refractivity contribution in [3.63, 3.8) is 0 Å². The number of hydrogen-bond acceptors (Lipinski definition) is 3. The van der Waals surface area contributed by atoms with Crippen molar-refractivity contribution in [2.75, 3.05) is 0 Å². The Kier molecular flexibility index (Phi) is 8.92. The van der Waals surface area contributed by atoms with E-state index < -0.39 is 0 Å². The van der Waals surface area contributed by atoms with E-state index >= 15 is 0 Å². The number of aromatic nitrogens is 3. The summed E-state index contributed by atoms with van der Waals surface area (Å²) in [5, 5.41) is 0. The standard InChI is InChI=1S/C46H49N3/c1-28-12-14-35(24-30(28)3)42-47-43(36-15-13-29(2)31(4)25-36)49-44(48-42)37-26-40(33-16-20-38(21-17-33)45(6,7)8)32(5)41(27-37)34-18-22-39(23-19-34)46(9,10)11/h12-27H,1-11H3. The lowest BCUT2D eigenvalue weighted by Crippen LogP contribution is -2.10. The molecule has 0 aliphatic carbocycles. The second kappa shape index (κ2) is 12.9. The van der Waals surface area contributed by atoms with Crippen LogP contribution < -0.4 is 0 Å². The van der Waals surface area contributed by atoms with Gasteiger partial charge in [0.15, 0.2) is 17.5 Å². The van der Waals surface area contributed by atoms with Crippen molar-refractivity contribution in [3.05, 3.63) is 136 Å². The van der Waals surface area contributed by atoms with E-state index in [2.05, 4.69) is 173 Å². The zero-order valence-corrected chi connectivity index (χ0v) is 31.1. The zero-order chi connectivity index (χ0) is 35.2. The summed E-state index contributed by atoms with van der Waals surface area (Å²) in [6.07, 6.45) is 0. The predicted molar refractivity (Wildman–Crippen MR) is 208 cm³/mol. The van der Waals surface area contributed by atoms with Crippen molar-refractivity contribution in [2.24, 2.45) is 0 Å². The number of rotatable bonds is 5. The third-order valence-electron chi connectivity index (χ3n) is 9.96. The van der Waals surface area contributed by atoms with Crippen LogP contribution in [-0.2, 0) is 10.8 Å². The molecule has 0 unspecified atom stereocenters. The van der Waals surface area contributed by atoms with E-state index in [0.717, 1.165) is 16.7 Å². The molecule has 0 aliphatic rings. The van der Waals surface area contributed by atoms with Crippen molar-refractivity contribution < 1.29 is 0 Å². The molecule has 49 heavy (non-hydrogen) atoms. The van der Waals surface area contributed by atoms with Crippen molar-refractivity contribution in [2.45, 2.75) is 87.0 Å². The summed E-state index contributed by atoms with van der Waals surface area (Å²) in [6, 6.07) is 35.5. The van der Waals surface area contributed by atoms with E-state index in [0.29, 0.717) is 17.5 Å². The first kappa shape index (κ1) is 34.0. The van der Waals surface area contributed by atoms with Gasteiger partial charge in [0.25, 0.3) is 0 Å². The summed E-state index contributed by atoms with van der Waals surface area (Å²) in [4.78, 5) is 15.4. The van der Waals surface area contributed by atoms with Gasteiger partial charge in [-0.15, -0.1) is 0 Å². The first-order valence-corrected chi connectivity index (χ1v) is 17.4. The molecule has 6 aromatic rings. The van der Waals surface area contributed by atoms with Crippen LogP contribution >= 0.6 is 0 Å². The summed E-state index contributed by atoms with van der Waals surface area (Å²) in [7, 11) is 0. The van der Waals surface area contributed by atoms with Gasteiger partial charge in [0.1, 0.15) is 0 Å². The molecule has 0 atom stereocenters. The first-order valence-electron chi connectivity index (χ1n) is 17.4. The summed E-state index contributed by atoms with van der Waals surface area (Å²) in [5.41, 5.74) is 16.6. The minimum Gasteiger partial charge on any atom is -0.208 e. The molecule has 0 saturated heterocycles. The number of hydrogen-bond donors (Lipinski definition) is 0. The molecule has 248 valence electrons. The fourth-order valence-corrected chi connectivity index (χ4v) is 6.27. The Morgan fingerprint density at radius 1 is 0.347 bits per heavy atom. The number of benzene rings is 5. The minimum absolute atomic E-state index is 0.0791. The highest BCUT2D eigenvalue weighted by atomic mass is 15.0. The Bertz CT molecular complexity index is 2010. The van der Waals surface area contributed by atoms with Crippen LogP contribution in [0.5, 0.6) is 0 Å². The van der Waals surface area contributed by atoms with Crippen LogP contribution in [0.2, 0.25) is 0 Å². The lowest BCUT2D eigenvalue weighted by atomic mass is 9.84. The van der Waals surface area contributed by atoms with Crippen molar-refractivity contribution in [1.29, 1.82) is 0 Å². The van der Waals surface area contributed by atoms with Gasteiger partial charge in [-0.3, -0.25) is 0 Å². The highest BCUT2D eigenvalue weighted by Crippen LogP contribution is 2.38. The first-order chi connectivity index (χ1) is 23.1. The molecule has 0 saturated carbocycles. The molecule has 3 heteroatoms. The maximum atomic E-state index is 5.18. The second-order valence-electron chi connectivity index (χ2n) is 15.8. The Morgan fingerprint density at radius 2 is 0.673 bits per heavy atom. The van der Waals surface area contributed by atoms with E-state index in [1.165, 1.54) is 61.2 Å². The van der Waals surface area contributed by atoms with Gasteiger partial charge in [0, 0.05) is 16.7 Å². The van der Waals surface area contributed by atoms with E-state index in [1.54, 1.807) is 0 Å². The van der Waals surface area contributed by atoms with Crippen molar-refractivity contribution in [3.8, 4) is 56.4 Å².